The summed E-state index contributed by atoms with van der Waals surface area (Å²) < 4.78 is 7.13. The average molecular weight is 216 g/mol. The van der Waals surface area contributed by atoms with Crippen molar-refractivity contribution < 1.29 is 4.74 Å². The van der Waals surface area contributed by atoms with Crippen LogP contribution in [0.25, 0.3) is 0 Å². The number of rotatable bonds is 1. The molecular formula is C9H14ClN3O. The quantitative estimate of drug-likeness (QED) is 0.706. The number of anilines is 1. The molecule has 14 heavy (non-hydrogen) atoms. The zero-order valence-corrected chi connectivity index (χ0v) is 9.21. The van der Waals surface area contributed by atoms with Gasteiger partial charge in [-0.1, -0.05) is 11.6 Å². The van der Waals surface area contributed by atoms with E-state index in [4.69, 9.17) is 16.3 Å². The predicted octanol–water partition coefficient (Wildman–Crippen LogP) is 1.22. The third kappa shape index (κ3) is 1.60. The second-order valence-corrected chi connectivity index (χ2v) is 3.82. The van der Waals surface area contributed by atoms with Crippen LogP contribution in [0.15, 0.2) is 0 Å². The highest BCUT2D eigenvalue weighted by Crippen LogP contribution is 2.28. The van der Waals surface area contributed by atoms with Crippen LogP contribution in [-0.4, -0.2) is 36.1 Å². The van der Waals surface area contributed by atoms with E-state index in [2.05, 4.69) is 10.00 Å². The molecule has 1 aromatic heterocycles. The molecule has 0 aromatic carbocycles. The summed E-state index contributed by atoms with van der Waals surface area (Å²) in [7, 11) is 1.92. The summed E-state index contributed by atoms with van der Waals surface area (Å²) in [5, 5.41) is 5.05. The zero-order valence-electron chi connectivity index (χ0n) is 8.46. The molecule has 5 heteroatoms. The summed E-state index contributed by atoms with van der Waals surface area (Å²) in [5.41, 5.74) is 0.885. The van der Waals surface area contributed by atoms with E-state index in [1.165, 1.54) is 0 Å². The fourth-order valence-corrected chi connectivity index (χ4v) is 2.02. The molecule has 1 saturated heterocycles. The molecule has 78 valence electrons. The smallest absolute Gasteiger partial charge is 0.146 e. The normalized spacial score (nSPS) is 17.5. The SMILES string of the molecule is Cc1nn(C)c(N2CCOCC2)c1Cl. The second-order valence-electron chi connectivity index (χ2n) is 3.45. The highest BCUT2D eigenvalue weighted by Gasteiger charge is 2.19. The first-order chi connectivity index (χ1) is 6.70. The van der Waals surface area contributed by atoms with Crippen LogP contribution < -0.4 is 4.90 Å². The van der Waals surface area contributed by atoms with Gasteiger partial charge in [-0.15, -0.1) is 0 Å². The van der Waals surface area contributed by atoms with E-state index in [-0.39, 0.29) is 0 Å². The number of ether oxygens (including phenoxy) is 1. The van der Waals surface area contributed by atoms with Gasteiger partial charge in [-0.3, -0.25) is 4.68 Å². The second kappa shape index (κ2) is 3.79. The zero-order chi connectivity index (χ0) is 10.1. The maximum absolute atomic E-state index is 6.18. The Balaban J connectivity index is 2.29. The van der Waals surface area contributed by atoms with Gasteiger partial charge >= 0.3 is 0 Å². The summed E-state index contributed by atoms with van der Waals surface area (Å²) in [6, 6.07) is 0. The highest BCUT2D eigenvalue weighted by atomic mass is 35.5. The van der Waals surface area contributed by atoms with E-state index in [1.54, 1.807) is 0 Å². The molecule has 0 unspecified atom stereocenters. The molecule has 0 saturated carbocycles. The first kappa shape index (κ1) is 9.80. The summed E-state index contributed by atoms with van der Waals surface area (Å²) >= 11 is 6.18. The van der Waals surface area contributed by atoms with Crippen LogP contribution >= 0.6 is 11.6 Å². The average Bonchev–Trinajstić information content (AvgIpc) is 2.43. The lowest BCUT2D eigenvalue weighted by molar-refractivity contribution is 0.122. The van der Waals surface area contributed by atoms with E-state index in [0.717, 1.165) is 42.8 Å². The molecule has 0 radical (unpaired) electrons. The molecule has 1 aliphatic heterocycles. The van der Waals surface area contributed by atoms with E-state index in [0.29, 0.717) is 0 Å². The number of morpholine rings is 1. The Morgan fingerprint density at radius 3 is 2.50 bits per heavy atom. The first-order valence-corrected chi connectivity index (χ1v) is 5.09. The maximum atomic E-state index is 6.18. The molecule has 0 atom stereocenters. The van der Waals surface area contributed by atoms with E-state index < -0.39 is 0 Å². The number of aryl methyl sites for hydroxylation is 2. The molecule has 0 amide bonds. The molecule has 1 aromatic rings. The maximum Gasteiger partial charge on any atom is 0.146 e. The van der Waals surface area contributed by atoms with Gasteiger partial charge in [-0.2, -0.15) is 5.10 Å². The monoisotopic (exact) mass is 215 g/mol. The highest BCUT2D eigenvalue weighted by molar-refractivity contribution is 6.33. The van der Waals surface area contributed by atoms with Gasteiger partial charge in [0, 0.05) is 20.1 Å². The van der Waals surface area contributed by atoms with Gasteiger partial charge in [0.15, 0.2) is 0 Å². The molecule has 2 heterocycles. The Kier molecular flexibility index (Phi) is 2.65. The van der Waals surface area contributed by atoms with Gasteiger partial charge in [0.25, 0.3) is 0 Å². The first-order valence-electron chi connectivity index (χ1n) is 4.72. The molecule has 0 aliphatic carbocycles. The minimum absolute atomic E-state index is 0.759. The predicted molar refractivity (Wildman–Crippen MR) is 56.0 cm³/mol. The Morgan fingerprint density at radius 1 is 1.36 bits per heavy atom. The van der Waals surface area contributed by atoms with E-state index >= 15 is 0 Å². The van der Waals surface area contributed by atoms with Crippen molar-refractivity contribution in [3.05, 3.63) is 10.7 Å². The molecule has 0 N–H and O–H groups in total. The number of hydrogen-bond donors (Lipinski definition) is 0. The molecular weight excluding hydrogens is 202 g/mol. The third-order valence-electron chi connectivity index (χ3n) is 2.43. The number of aromatic nitrogens is 2. The minimum atomic E-state index is 0.759. The van der Waals surface area contributed by atoms with E-state index in [1.807, 2.05) is 18.7 Å². The largest absolute Gasteiger partial charge is 0.378 e. The standard InChI is InChI=1S/C9H14ClN3O/c1-7-8(10)9(12(2)11-7)13-3-5-14-6-4-13/h3-6H2,1-2H3. The van der Waals surface area contributed by atoms with Gasteiger partial charge in [0.05, 0.1) is 18.9 Å². The van der Waals surface area contributed by atoms with Crippen LogP contribution in [0.2, 0.25) is 5.02 Å². The Labute approximate surface area is 88.4 Å². The van der Waals surface area contributed by atoms with Gasteiger partial charge in [-0.25, -0.2) is 0 Å². The lowest BCUT2D eigenvalue weighted by atomic mass is 10.4. The van der Waals surface area contributed by atoms with Crippen molar-refractivity contribution in [3.8, 4) is 0 Å². The lowest BCUT2D eigenvalue weighted by Crippen LogP contribution is -2.37. The minimum Gasteiger partial charge on any atom is -0.378 e. The van der Waals surface area contributed by atoms with Gasteiger partial charge in [-0.05, 0) is 6.92 Å². The van der Waals surface area contributed by atoms with Crippen molar-refractivity contribution in [3.63, 3.8) is 0 Å². The van der Waals surface area contributed by atoms with Crippen molar-refractivity contribution in [2.45, 2.75) is 6.92 Å². The van der Waals surface area contributed by atoms with Crippen LogP contribution in [0.5, 0.6) is 0 Å². The van der Waals surface area contributed by atoms with Gasteiger partial charge < -0.3 is 9.64 Å². The van der Waals surface area contributed by atoms with Crippen LogP contribution in [-0.2, 0) is 11.8 Å². The van der Waals surface area contributed by atoms with E-state index in [9.17, 15) is 0 Å². The number of nitrogens with zero attached hydrogens (tertiary/aromatic N) is 3. The summed E-state index contributed by atoms with van der Waals surface area (Å²) in [6.07, 6.45) is 0. The van der Waals surface area contributed by atoms with Crippen molar-refractivity contribution in [1.29, 1.82) is 0 Å². The summed E-state index contributed by atoms with van der Waals surface area (Å²) in [5.74, 6) is 1.01. The summed E-state index contributed by atoms with van der Waals surface area (Å²) in [4.78, 5) is 2.21. The van der Waals surface area contributed by atoms with Crippen molar-refractivity contribution in [1.82, 2.24) is 9.78 Å². The van der Waals surface area contributed by atoms with Crippen LogP contribution in [0.4, 0.5) is 5.82 Å². The van der Waals surface area contributed by atoms with Crippen LogP contribution in [0, 0.1) is 6.92 Å². The molecule has 2 rings (SSSR count). The lowest BCUT2D eigenvalue weighted by Gasteiger charge is -2.28. The number of halogens is 1. The fraction of sp³-hybridized carbons (Fsp3) is 0.667. The molecule has 1 fully saturated rings. The molecule has 4 nitrogen and oxygen atoms in total. The van der Waals surface area contributed by atoms with Crippen molar-refractivity contribution in [2.24, 2.45) is 7.05 Å². The Morgan fingerprint density at radius 2 is 2.00 bits per heavy atom. The fourth-order valence-electron chi connectivity index (χ4n) is 1.74. The van der Waals surface area contributed by atoms with Crippen LogP contribution in [0.1, 0.15) is 5.69 Å². The molecule has 0 spiro atoms. The molecule has 0 bridgehead atoms. The van der Waals surface area contributed by atoms with Crippen molar-refractivity contribution >= 4 is 17.4 Å². The Bertz CT molecular complexity index is 331. The van der Waals surface area contributed by atoms with Gasteiger partial charge in [0.2, 0.25) is 0 Å². The van der Waals surface area contributed by atoms with Gasteiger partial charge in [0.1, 0.15) is 10.8 Å². The number of hydrogen-bond acceptors (Lipinski definition) is 3. The summed E-state index contributed by atoms with van der Waals surface area (Å²) in [6.45, 7) is 5.23. The topological polar surface area (TPSA) is 30.3 Å². The third-order valence-corrected chi connectivity index (χ3v) is 2.87. The molecule has 1 aliphatic rings. The Hall–Kier alpha value is -0.740. The van der Waals surface area contributed by atoms with Crippen molar-refractivity contribution in [2.75, 3.05) is 31.2 Å². The van der Waals surface area contributed by atoms with Crippen LogP contribution in [0.3, 0.4) is 0 Å².